The number of ether oxygens (including phenoxy) is 4. The highest BCUT2D eigenvalue weighted by Gasteiger charge is 2.14. The Bertz CT molecular complexity index is 1310. The lowest BCUT2D eigenvalue weighted by Gasteiger charge is -2.15. The number of carbonyl (C=O) groups excluding carboxylic acids is 1. The highest BCUT2D eigenvalue weighted by atomic mass is 79.9. The molecular formula is C29H31BrN2O7. The summed E-state index contributed by atoms with van der Waals surface area (Å²) in [4.78, 5) is 23.7. The summed E-state index contributed by atoms with van der Waals surface area (Å²) in [5.74, 6) is 0.697. The third-order valence-corrected chi connectivity index (χ3v) is 5.85. The van der Waals surface area contributed by atoms with Gasteiger partial charge >= 0.3 is 5.97 Å². The maximum atomic E-state index is 12.7. The van der Waals surface area contributed by atoms with E-state index in [0.717, 1.165) is 12.0 Å². The number of hydrogen-bond donors (Lipinski definition) is 2. The molecule has 39 heavy (non-hydrogen) atoms. The lowest BCUT2D eigenvalue weighted by Crippen LogP contribution is -2.17. The minimum absolute atomic E-state index is 0.207. The van der Waals surface area contributed by atoms with E-state index in [-0.39, 0.29) is 12.2 Å². The van der Waals surface area contributed by atoms with Gasteiger partial charge in [0.05, 0.1) is 36.1 Å². The zero-order valence-electron chi connectivity index (χ0n) is 22.0. The lowest BCUT2D eigenvalue weighted by molar-refractivity contribution is 0.0696. The number of rotatable bonds is 14. The Morgan fingerprint density at radius 2 is 1.56 bits per heavy atom. The van der Waals surface area contributed by atoms with Crippen LogP contribution in [0.5, 0.6) is 23.0 Å². The predicted octanol–water partition coefficient (Wildman–Crippen LogP) is 6.08. The van der Waals surface area contributed by atoms with Gasteiger partial charge in [-0.05, 0) is 89.8 Å². The largest absolute Gasteiger partial charge is 0.490 e. The van der Waals surface area contributed by atoms with Crippen LogP contribution in [0.2, 0.25) is 0 Å². The first-order chi connectivity index (χ1) is 18.9. The highest BCUT2D eigenvalue weighted by molar-refractivity contribution is 9.10. The molecule has 0 unspecified atom stereocenters. The van der Waals surface area contributed by atoms with Crippen LogP contribution in [0.1, 0.15) is 59.0 Å². The number of amides is 1. The van der Waals surface area contributed by atoms with Crippen LogP contribution in [0.4, 0.5) is 0 Å². The first kappa shape index (κ1) is 29.5. The van der Waals surface area contributed by atoms with Gasteiger partial charge in [-0.3, -0.25) is 4.79 Å². The summed E-state index contributed by atoms with van der Waals surface area (Å²) >= 11 is 3.52. The van der Waals surface area contributed by atoms with Crippen molar-refractivity contribution in [2.75, 3.05) is 19.8 Å². The number of nitrogens with zero attached hydrogens (tertiary/aromatic N) is 1. The summed E-state index contributed by atoms with van der Waals surface area (Å²) in [7, 11) is 0. The minimum atomic E-state index is -0.984. The Labute approximate surface area is 235 Å². The number of benzene rings is 3. The Morgan fingerprint density at radius 3 is 2.23 bits per heavy atom. The molecule has 0 heterocycles. The maximum Gasteiger partial charge on any atom is 0.335 e. The van der Waals surface area contributed by atoms with Crippen molar-refractivity contribution < 1.29 is 33.6 Å². The van der Waals surface area contributed by atoms with Crippen LogP contribution in [-0.2, 0) is 6.61 Å². The summed E-state index contributed by atoms with van der Waals surface area (Å²) in [6.07, 6.45) is 2.36. The Kier molecular flexibility index (Phi) is 11.2. The van der Waals surface area contributed by atoms with Crippen molar-refractivity contribution in [1.82, 2.24) is 5.43 Å². The van der Waals surface area contributed by atoms with Gasteiger partial charge in [-0.15, -0.1) is 0 Å². The number of halogens is 1. The van der Waals surface area contributed by atoms with Gasteiger partial charge in [-0.25, -0.2) is 10.2 Å². The summed E-state index contributed by atoms with van der Waals surface area (Å²) in [6.45, 7) is 7.36. The fraction of sp³-hybridized carbons (Fsp3) is 0.276. The van der Waals surface area contributed by atoms with Gasteiger partial charge in [-0.2, -0.15) is 5.10 Å². The van der Waals surface area contributed by atoms with Crippen molar-refractivity contribution in [1.29, 1.82) is 0 Å². The second kappa shape index (κ2) is 14.8. The van der Waals surface area contributed by atoms with Gasteiger partial charge < -0.3 is 24.1 Å². The van der Waals surface area contributed by atoms with Crippen LogP contribution in [0, 0.1) is 0 Å². The monoisotopic (exact) mass is 598 g/mol. The Hall–Kier alpha value is -4.05. The number of carboxylic acids is 1. The van der Waals surface area contributed by atoms with Crippen molar-refractivity contribution >= 4 is 34.0 Å². The van der Waals surface area contributed by atoms with Crippen molar-refractivity contribution in [2.24, 2.45) is 5.10 Å². The third-order valence-electron chi connectivity index (χ3n) is 5.26. The molecule has 206 valence electrons. The second-order valence-corrected chi connectivity index (χ2v) is 9.05. The quantitative estimate of drug-likeness (QED) is 0.171. The molecule has 9 nitrogen and oxygen atoms in total. The number of nitrogens with one attached hydrogen (secondary N) is 1. The number of hydrogen-bond acceptors (Lipinski definition) is 7. The zero-order chi connectivity index (χ0) is 28.2. The Balaban J connectivity index is 1.70. The number of carboxylic acid groups (broad SMARTS) is 1. The van der Waals surface area contributed by atoms with Gasteiger partial charge in [0.25, 0.3) is 5.91 Å². The van der Waals surface area contributed by atoms with Crippen LogP contribution < -0.4 is 24.4 Å². The van der Waals surface area contributed by atoms with E-state index in [2.05, 4.69) is 26.5 Å². The average Bonchev–Trinajstić information content (AvgIpc) is 2.92. The number of aromatic carboxylic acids is 1. The highest BCUT2D eigenvalue weighted by Crippen LogP contribution is 2.37. The summed E-state index contributed by atoms with van der Waals surface area (Å²) in [6, 6.07) is 15.0. The van der Waals surface area contributed by atoms with Crippen molar-refractivity contribution in [3.63, 3.8) is 0 Å². The van der Waals surface area contributed by atoms with E-state index in [4.69, 9.17) is 24.1 Å². The molecule has 0 radical (unpaired) electrons. The Morgan fingerprint density at radius 1 is 0.872 bits per heavy atom. The molecule has 0 saturated carbocycles. The van der Waals surface area contributed by atoms with E-state index in [1.54, 1.807) is 42.5 Å². The average molecular weight is 599 g/mol. The molecule has 1 amide bonds. The molecule has 3 rings (SSSR count). The smallest absolute Gasteiger partial charge is 0.335 e. The molecular weight excluding hydrogens is 568 g/mol. The van der Waals surface area contributed by atoms with Gasteiger partial charge in [0, 0.05) is 5.56 Å². The molecule has 3 aromatic carbocycles. The fourth-order valence-corrected chi connectivity index (χ4v) is 4.02. The minimum Gasteiger partial charge on any atom is -0.490 e. The van der Waals surface area contributed by atoms with Crippen LogP contribution in [0.15, 0.2) is 64.2 Å². The molecule has 0 fully saturated rings. The molecule has 0 bridgehead atoms. The molecule has 0 aromatic heterocycles. The molecule has 3 aromatic rings. The van der Waals surface area contributed by atoms with E-state index in [9.17, 15) is 9.59 Å². The summed E-state index contributed by atoms with van der Waals surface area (Å²) < 4.78 is 23.7. The summed E-state index contributed by atoms with van der Waals surface area (Å²) in [5, 5.41) is 13.2. The number of carbonyl (C=O) groups is 2. The molecule has 0 saturated heterocycles. The van der Waals surface area contributed by atoms with Gasteiger partial charge in [0.15, 0.2) is 23.0 Å². The molecule has 2 N–H and O–H groups in total. The van der Waals surface area contributed by atoms with E-state index in [1.165, 1.54) is 18.3 Å². The SMILES string of the molecule is CCCOc1ccc(C(=O)N/N=C/c2cc(Br)c(OCc3ccc(C(=O)O)cc3)c(OCC)c2)cc1OCC. The van der Waals surface area contributed by atoms with Crippen LogP contribution in [0.3, 0.4) is 0 Å². The molecule has 0 aliphatic heterocycles. The number of hydrazone groups is 1. The van der Waals surface area contributed by atoms with Crippen LogP contribution in [0.25, 0.3) is 0 Å². The van der Waals surface area contributed by atoms with Crippen molar-refractivity contribution in [3.8, 4) is 23.0 Å². The van der Waals surface area contributed by atoms with Gasteiger partial charge in [0.1, 0.15) is 6.61 Å². The van der Waals surface area contributed by atoms with Gasteiger partial charge in [-0.1, -0.05) is 19.1 Å². The van der Waals surface area contributed by atoms with E-state index >= 15 is 0 Å². The normalized spacial score (nSPS) is 10.8. The predicted molar refractivity (Wildman–Crippen MR) is 152 cm³/mol. The fourth-order valence-electron chi connectivity index (χ4n) is 3.44. The van der Waals surface area contributed by atoms with Crippen molar-refractivity contribution in [3.05, 3.63) is 81.3 Å². The molecule has 0 spiro atoms. The zero-order valence-corrected chi connectivity index (χ0v) is 23.6. The van der Waals surface area contributed by atoms with Crippen LogP contribution in [-0.4, -0.2) is 43.0 Å². The third kappa shape index (κ3) is 8.47. The summed E-state index contributed by atoms with van der Waals surface area (Å²) in [5.41, 5.74) is 4.60. The van der Waals surface area contributed by atoms with Crippen molar-refractivity contribution in [2.45, 2.75) is 33.8 Å². The topological polar surface area (TPSA) is 116 Å². The molecule has 0 aliphatic rings. The standard InChI is InChI=1S/C29H31BrN2O7/c1-4-13-38-24-12-11-22(16-25(24)36-5-2)28(33)32-31-17-20-14-23(30)27(26(15-20)37-6-3)39-18-19-7-9-21(10-8-19)29(34)35/h7-12,14-17H,4-6,13,18H2,1-3H3,(H,32,33)(H,34,35)/b31-17+. The maximum absolute atomic E-state index is 12.7. The van der Waals surface area contributed by atoms with Crippen LogP contribution >= 0.6 is 15.9 Å². The second-order valence-electron chi connectivity index (χ2n) is 8.20. The molecule has 10 heteroatoms. The molecule has 0 aliphatic carbocycles. The van der Waals surface area contributed by atoms with E-state index in [0.29, 0.717) is 58.4 Å². The lowest BCUT2D eigenvalue weighted by atomic mass is 10.1. The first-order valence-corrected chi connectivity index (χ1v) is 13.3. The van der Waals surface area contributed by atoms with Gasteiger partial charge in [0.2, 0.25) is 0 Å². The van der Waals surface area contributed by atoms with E-state index < -0.39 is 11.9 Å². The molecule has 0 atom stereocenters. The van der Waals surface area contributed by atoms with E-state index in [1.807, 2.05) is 20.8 Å². The first-order valence-electron chi connectivity index (χ1n) is 12.5.